The predicted octanol–water partition coefficient (Wildman–Crippen LogP) is 3.25. The second-order valence-corrected chi connectivity index (χ2v) is 11.9. The molecule has 38 heavy (non-hydrogen) atoms. The highest BCUT2D eigenvalue weighted by Crippen LogP contribution is 2.68. The van der Waals surface area contributed by atoms with Crippen LogP contribution in [0.4, 0.5) is 0 Å². The van der Waals surface area contributed by atoms with Crippen LogP contribution in [0.2, 0.25) is 0 Å². The first kappa shape index (κ1) is 28.5. The molecule has 3 saturated carbocycles. The molecule has 0 unspecified atom stereocenters. The van der Waals surface area contributed by atoms with Crippen LogP contribution in [0.15, 0.2) is 11.6 Å². The van der Waals surface area contributed by atoms with Gasteiger partial charge in [-0.05, 0) is 67.8 Å². The molecule has 0 radical (unpaired) electrons. The summed E-state index contributed by atoms with van der Waals surface area (Å²) in [5, 5.41) is 11.7. The molecule has 4 rings (SSSR count). The topological polar surface area (TPSA) is 133 Å². The van der Waals surface area contributed by atoms with E-state index in [0.717, 1.165) is 18.4 Å². The Morgan fingerprint density at radius 2 is 1.74 bits per heavy atom. The molecule has 4 aliphatic rings. The van der Waals surface area contributed by atoms with Gasteiger partial charge < -0.3 is 19.3 Å². The minimum absolute atomic E-state index is 0.00821. The van der Waals surface area contributed by atoms with E-state index >= 15 is 0 Å². The lowest BCUT2D eigenvalue weighted by molar-refractivity contribution is -0.203. The number of hydrogen-bond acceptors (Lipinski definition) is 9. The minimum Gasteiger partial charge on any atom is -0.469 e. The van der Waals surface area contributed by atoms with Crippen molar-refractivity contribution in [1.82, 2.24) is 0 Å². The lowest BCUT2D eigenvalue weighted by atomic mass is 9.45. The number of allylic oxidation sites excluding steroid dienone is 1. The summed E-state index contributed by atoms with van der Waals surface area (Å²) in [4.78, 5) is 62.4. The molecule has 0 aromatic carbocycles. The Morgan fingerprint density at radius 3 is 2.42 bits per heavy atom. The van der Waals surface area contributed by atoms with Gasteiger partial charge in [-0.1, -0.05) is 26.3 Å². The first-order valence-electron chi connectivity index (χ1n) is 13.8. The number of aliphatic hydroxyl groups excluding tert-OH is 1. The van der Waals surface area contributed by atoms with E-state index in [9.17, 15) is 29.1 Å². The summed E-state index contributed by atoms with van der Waals surface area (Å²) >= 11 is 0. The standard InChI is InChI=1S/C29H40O9/c1-5-23(33)37-16-22(32)29(38-25(35)9-8-24(34)36-4)13-11-20-19-7-6-17-14-18(30)10-12-27(17,2)26(19)21(31)15-28(20,29)3/h14,19-21,26,31H,5-13,15-16H2,1-4H3/t19-,20-,21-,26+,27-,28-,29-/m0/s1. The number of carbonyl (C=O) groups is 5. The first-order valence-corrected chi connectivity index (χ1v) is 13.8. The fourth-order valence-electron chi connectivity index (χ4n) is 8.27. The third-order valence-electron chi connectivity index (χ3n) is 10.2. The number of carbonyl (C=O) groups excluding carboxylic acids is 5. The molecule has 0 bridgehead atoms. The highest BCUT2D eigenvalue weighted by Gasteiger charge is 2.70. The van der Waals surface area contributed by atoms with Gasteiger partial charge in [-0.3, -0.25) is 24.0 Å². The second kappa shape index (κ2) is 10.5. The van der Waals surface area contributed by atoms with Crippen molar-refractivity contribution in [1.29, 1.82) is 0 Å². The quantitative estimate of drug-likeness (QED) is 0.369. The summed E-state index contributed by atoms with van der Waals surface area (Å²) in [5.74, 6) is -2.13. The fourth-order valence-corrected chi connectivity index (χ4v) is 8.27. The van der Waals surface area contributed by atoms with Crippen molar-refractivity contribution in [2.45, 2.75) is 96.7 Å². The predicted molar refractivity (Wildman–Crippen MR) is 134 cm³/mol. The van der Waals surface area contributed by atoms with Crippen molar-refractivity contribution < 1.29 is 43.3 Å². The van der Waals surface area contributed by atoms with Gasteiger partial charge in [-0.25, -0.2) is 0 Å². The maximum absolute atomic E-state index is 13.8. The third kappa shape index (κ3) is 4.61. The van der Waals surface area contributed by atoms with Gasteiger partial charge in [0.05, 0.1) is 26.1 Å². The van der Waals surface area contributed by atoms with E-state index in [1.807, 2.05) is 6.92 Å². The summed E-state index contributed by atoms with van der Waals surface area (Å²) in [6.07, 6.45) is 4.51. The molecule has 0 amide bonds. The highest BCUT2D eigenvalue weighted by atomic mass is 16.6. The summed E-state index contributed by atoms with van der Waals surface area (Å²) < 4.78 is 15.8. The van der Waals surface area contributed by atoms with E-state index in [0.29, 0.717) is 19.3 Å². The summed E-state index contributed by atoms with van der Waals surface area (Å²) in [6.45, 7) is 5.18. The van der Waals surface area contributed by atoms with Crippen molar-refractivity contribution in [3.8, 4) is 0 Å². The number of fused-ring (bicyclic) bond motifs is 5. The molecule has 0 saturated heterocycles. The number of Topliss-reactive ketones (excluding diaryl/α,β-unsaturated/α-hetero) is 1. The van der Waals surface area contributed by atoms with Crippen LogP contribution in [0.5, 0.6) is 0 Å². The van der Waals surface area contributed by atoms with E-state index in [2.05, 4.69) is 11.7 Å². The molecule has 0 aromatic heterocycles. The van der Waals surface area contributed by atoms with Crippen LogP contribution in [0.1, 0.15) is 85.0 Å². The summed E-state index contributed by atoms with van der Waals surface area (Å²) in [7, 11) is 1.23. The van der Waals surface area contributed by atoms with Gasteiger partial charge in [0.1, 0.15) is 0 Å². The van der Waals surface area contributed by atoms with Crippen LogP contribution < -0.4 is 0 Å². The number of aliphatic hydroxyl groups is 1. The van der Waals surface area contributed by atoms with Gasteiger partial charge in [0.2, 0.25) is 5.78 Å². The zero-order chi connectivity index (χ0) is 27.9. The number of methoxy groups -OCH3 is 1. The lowest BCUT2D eigenvalue weighted by Gasteiger charge is -2.60. The van der Waals surface area contributed by atoms with E-state index in [1.54, 1.807) is 13.0 Å². The minimum atomic E-state index is -1.58. The summed E-state index contributed by atoms with van der Waals surface area (Å²) in [6, 6.07) is 0. The largest absolute Gasteiger partial charge is 0.469 e. The van der Waals surface area contributed by atoms with Crippen LogP contribution in [0.25, 0.3) is 0 Å². The van der Waals surface area contributed by atoms with Gasteiger partial charge in [0.15, 0.2) is 18.0 Å². The smallest absolute Gasteiger partial charge is 0.307 e. The van der Waals surface area contributed by atoms with Gasteiger partial charge in [0.25, 0.3) is 0 Å². The van der Waals surface area contributed by atoms with Crippen LogP contribution in [0, 0.1) is 28.6 Å². The van der Waals surface area contributed by atoms with Crippen molar-refractivity contribution >= 4 is 29.5 Å². The molecule has 0 heterocycles. The number of hydrogen-bond donors (Lipinski definition) is 1. The fraction of sp³-hybridized carbons (Fsp3) is 0.759. The zero-order valence-corrected chi connectivity index (χ0v) is 22.9. The van der Waals surface area contributed by atoms with E-state index in [-0.39, 0.29) is 61.1 Å². The van der Waals surface area contributed by atoms with E-state index in [4.69, 9.17) is 9.47 Å². The van der Waals surface area contributed by atoms with Crippen molar-refractivity contribution in [2.24, 2.45) is 28.6 Å². The van der Waals surface area contributed by atoms with Crippen LogP contribution in [0.3, 0.4) is 0 Å². The summed E-state index contributed by atoms with van der Waals surface area (Å²) in [5.41, 5.74) is -1.64. The molecule has 0 spiro atoms. The first-order chi connectivity index (χ1) is 17.9. The number of ether oxygens (including phenoxy) is 3. The van der Waals surface area contributed by atoms with Gasteiger partial charge in [-0.2, -0.15) is 0 Å². The molecule has 4 aliphatic carbocycles. The molecular weight excluding hydrogens is 492 g/mol. The van der Waals surface area contributed by atoms with Crippen molar-refractivity contribution in [3.05, 3.63) is 11.6 Å². The van der Waals surface area contributed by atoms with Crippen molar-refractivity contribution in [3.63, 3.8) is 0 Å². The van der Waals surface area contributed by atoms with Crippen LogP contribution >= 0.6 is 0 Å². The number of ketones is 2. The molecule has 9 heteroatoms. The second-order valence-electron chi connectivity index (χ2n) is 11.9. The highest BCUT2D eigenvalue weighted by molar-refractivity contribution is 5.94. The number of esters is 3. The molecule has 0 aromatic rings. The molecule has 7 atom stereocenters. The molecule has 0 aliphatic heterocycles. The third-order valence-corrected chi connectivity index (χ3v) is 10.2. The Kier molecular flexibility index (Phi) is 7.90. The Labute approximate surface area is 223 Å². The molecule has 3 fully saturated rings. The van der Waals surface area contributed by atoms with E-state index in [1.165, 1.54) is 7.11 Å². The molecule has 210 valence electrons. The Morgan fingerprint density at radius 1 is 1.03 bits per heavy atom. The van der Waals surface area contributed by atoms with Crippen molar-refractivity contribution in [2.75, 3.05) is 13.7 Å². The monoisotopic (exact) mass is 532 g/mol. The van der Waals surface area contributed by atoms with E-state index < -0.39 is 47.4 Å². The Hall–Kier alpha value is -2.55. The lowest BCUT2D eigenvalue weighted by Crippen LogP contribution is -2.63. The maximum atomic E-state index is 13.8. The normalized spacial score (nSPS) is 37.7. The zero-order valence-electron chi connectivity index (χ0n) is 22.9. The maximum Gasteiger partial charge on any atom is 0.307 e. The van der Waals surface area contributed by atoms with Crippen LogP contribution in [-0.4, -0.2) is 60.0 Å². The van der Waals surface area contributed by atoms with Gasteiger partial charge >= 0.3 is 17.9 Å². The molecular formula is C29H40O9. The Balaban J connectivity index is 1.67. The average molecular weight is 533 g/mol. The average Bonchev–Trinajstić information content (AvgIpc) is 3.17. The van der Waals surface area contributed by atoms with Crippen LogP contribution in [-0.2, 0) is 38.2 Å². The SMILES string of the molecule is CCC(=O)OCC(=O)[C@@]1(OC(=O)CCC(=O)OC)CC[C@H]2[C@@H]3CCC4=CC(=O)CC[C@]4(C)[C@H]3[C@@H](O)C[C@@]21C. The number of rotatable bonds is 8. The van der Waals surface area contributed by atoms with Gasteiger partial charge in [-0.15, -0.1) is 0 Å². The molecule has 1 N–H and O–H groups in total. The molecule has 9 nitrogen and oxygen atoms in total. The van der Waals surface area contributed by atoms with Gasteiger partial charge in [0, 0.05) is 18.3 Å². The Bertz CT molecular complexity index is 1050.